The maximum atomic E-state index is 2.24. The molecule has 39 heavy (non-hydrogen) atoms. The van der Waals surface area contributed by atoms with Crippen LogP contribution in [0.5, 0.6) is 0 Å². The van der Waals surface area contributed by atoms with Crippen LogP contribution in [-0.2, 0) is 17.4 Å². The molecule has 0 spiro atoms. The Hall–Kier alpha value is -3.71. The molecule has 0 saturated heterocycles. The first-order valence-corrected chi connectivity index (χ1v) is 16.0. The Morgan fingerprint density at radius 3 is 0.462 bits per heavy atom. The fourth-order valence-corrected chi connectivity index (χ4v) is 9.78. The van der Waals surface area contributed by atoms with Crippen LogP contribution in [-0.4, -0.2) is 17.6 Å². The zero-order chi connectivity index (χ0) is 25.8. The van der Waals surface area contributed by atoms with Gasteiger partial charge in [-0.25, -0.2) is 0 Å². The molecule has 0 aromatic heterocycles. The molecule has 0 N–H and O–H groups in total. The Morgan fingerprint density at radius 2 is 0.333 bits per heavy atom. The van der Waals surface area contributed by atoms with Gasteiger partial charge in [0.25, 0.3) is 0 Å². The summed E-state index contributed by atoms with van der Waals surface area (Å²) in [7, 11) is -1.75. The van der Waals surface area contributed by atoms with Crippen LogP contribution in [0.2, 0.25) is 0 Å². The Balaban J connectivity index is 0.000000176. The normalized spacial score (nSPS) is 10.3. The molecule has 6 rings (SSSR count). The van der Waals surface area contributed by atoms with Crippen molar-refractivity contribution >= 4 is 48.7 Å². The SMILES string of the molecule is [Cr].c1ccc([Si](c2ccccc2)c2ccccc2)cc1.c1ccc([Si](c2ccccc2)c2ccccc2)cc1. The minimum atomic E-state index is -0.877. The van der Waals surface area contributed by atoms with E-state index in [1.165, 1.54) is 31.1 Å². The van der Waals surface area contributed by atoms with Gasteiger partial charge in [-0.1, -0.05) is 213 Å². The van der Waals surface area contributed by atoms with E-state index in [0.29, 0.717) is 0 Å². The Kier molecular flexibility index (Phi) is 10.9. The van der Waals surface area contributed by atoms with Crippen LogP contribution in [0, 0.1) is 0 Å². The van der Waals surface area contributed by atoms with E-state index < -0.39 is 17.6 Å². The maximum absolute atomic E-state index is 2.24. The van der Waals surface area contributed by atoms with Crippen LogP contribution in [0.3, 0.4) is 0 Å². The molecule has 0 fully saturated rings. The predicted octanol–water partition coefficient (Wildman–Crippen LogP) is 4.40. The smallest absolute Gasteiger partial charge is 0.0624 e. The summed E-state index contributed by atoms with van der Waals surface area (Å²) in [6.07, 6.45) is 0. The zero-order valence-electron chi connectivity index (χ0n) is 21.7. The largest absolute Gasteiger partial charge is 0.154 e. The van der Waals surface area contributed by atoms with Crippen LogP contribution in [0.1, 0.15) is 0 Å². The van der Waals surface area contributed by atoms with Gasteiger partial charge in [-0.3, -0.25) is 0 Å². The van der Waals surface area contributed by atoms with E-state index in [9.17, 15) is 0 Å². The monoisotopic (exact) mass is 570 g/mol. The Bertz CT molecular complexity index is 1170. The number of hydrogen-bond acceptors (Lipinski definition) is 0. The van der Waals surface area contributed by atoms with E-state index in [4.69, 9.17) is 0 Å². The van der Waals surface area contributed by atoms with Crippen molar-refractivity contribution in [1.29, 1.82) is 0 Å². The second-order valence-electron chi connectivity index (χ2n) is 8.95. The summed E-state index contributed by atoms with van der Waals surface area (Å²) < 4.78 is 0. The van der Waals surface area contributed by atoms with E-state index in [0.717, 1.165) is 0 Å². The molecule has 2 radical (unpaired) electrons. The third-order valence-corrected chi connectivity index (χ3v) is 11.8. The molecule has 0 atom stereocenters. The number of hydrogen-bond donors (Lipinski definition) is 0. The van der Waals surface area contributed by atoms with E-state index in [-0.39, 0.29) is 17.4 Å². The predicted molar refractivity (Wildman–Crippen MR) is 168 cm³/mol. The summed E-state index contributed by atoms with van der Waals surface area (Å²) >= 11 is 0. The standard InChI is InChI=1S/2C18H15Si.Cr/c2*1-4-10-16(11-5-1)19(17-12-6-2-7-13-17)18-14-8-3-9-15-18;/h2*1-15H;. The van der Waals surface area contributed by atoms with Gasteiger partial charge in [-0.05, 0) is 0 Å². The number of rotatable bonds is 6. The summed E-state index contributed by atoms with van der Waals surface area (Å²) in [5.74, 6) is 0. The molecule has 0 heterocycles. The molecule has 6 aromatic rings. The van der Waals surface area contributed by atoms with Gasteiger partial charge < -0.3 is 0 Å². The van der Waals surface area contributed by atoms with E-state index in [1.807, 2.05) is 0 Å². The van der Waals surface area contributed by atoms with Crippen LogP contribution < -0.4 is 31.1 Å². The van der Waals surface area contributed by atoms with Crippen LogP contribution >= 0.6 is 0 Å². The molecule has 0 nitrogen and oxygen atoms in total. The number of benzene rings is 6. The van der Waals surface area contributed by atoms with Gasteiger partial charge in [0.15, 0.2) is 17.6 Å². The minimum absolute atomic E-state index is 0. The van der Waals surface area contributed by atoms with Crippen molar-refractivity contribution in [2.75, 3.05) is 0 Å². The minimum Gasteiger partial charge on any atom is -0.0624 e. The molecule has 0 saturated carbocycles. The molecule has 0 aliphatic carbocycles. The van der Waals surface area contributed by atoms with E-state index in [1.54, 1.807) is 0 Å². The second kappa shape index (κ2) is 15.0. The zero-order valence-corrected chi connectivity index (χ0v) is 25.0. The van der Waals surface area contributed by atoms with Crippen molar-refractivity contribution in [1.82, 2.24) is 0 Å². The first kappa shape index (κ1) is 28.3. The van der Waals surface area contributed by atoms with Crippen molar-refractivity contribution in [3.8, 4) is 0 Å². The average Bonchev–Trinajstić information content (AvgIpc) is 3.01. The van der Waals surface area contributed by atoms with Crippen molar-refractivity contribution in [3.63, 3.8) is 0 Å². The topological polar surface area (TPSA) is 0 Å². The Morgan fingerprint density at radius 1 is 0.205 bits per heavy atom. The summed E-state index contributed by atoms with van der Waals surface area (Å²) in [6.45, 7) is 0. The molecule has 0 amide bonds. The summed E-state index contributed by atoms with van der Waals surface area (Å²) in [6, 6.07) is 65.0. The van der Waals surface area contributed by atoms with E-state index in [2.05, 4.69) is 182 Å². The van der Waals surface area contributed by atoms with Crippen LogP contribution in [0.15, 0.2) is 182 Å². The first-order valence-electron chi connectivity index (χ1n) is 13.0. The molecule has 188 valence electrons. The third kappa shape index (κ3) is 7.66. The first-order chi connectivity index (χ1) is 18.9. The van der Waals surface area contributed by atoms with Crippen molar-refractivity contribution in [2.45, 2.75) is 0 Å². The molecule has 0 unspecified atom stereocenters. The Labute approximate surface area is 247 Å². The van der Waals surface area contributed by atoms with Gasteiger partial charge >= 0.3 is 0 Å². The molecule has 0 aliphatic rings. The van der Waals surface area contributed by atoms with Gasteiger partial charge in [-0.2, -0.15) is 0 Å². The van der Waals surface area contributed by atoms with Crippen molar-refractivity contribution in [3.05, 3.63) is 182 Å². The van der Waals surface area contributed by atoms with Gasteiger partial charge in [0.1, 0.15) is 0 Å². The van der Waals surface area contributed by atoms with Gasteiger partial charge in [-0.15, -0.1) is 0 Å². The molecule has 3 heteroatoms. The molecular formula is C36H30CrSi2. The summed E-state index contributed by atoms with van der Waals surface area (Å²) in [5, 5.41) is 8.61. The molecule has 0 aliphatic heterocycles. The summed E-state index contributed by atoms with van der Waals surface area (Å²) in [4.78, 5) is 0. The van der Waals surface area contributed by atoms with E-state index >= 15 is 0 Å². The van der Waals surface area contributed by atoms with Gasteiger partial charge in [0, 0.05) is 17.4 Å². The molecule has 6 aromatic carbocycles. The maximum Gasteiger partial charge on any atom is 0.154 e. The van der Waals surface area contributed by atoms with Crippen molar-refractivity contribution in [2.24, 2.45) is 0 Å². The fraction of sp³-hybridized carbons (Fsp3) is 0. The summed E-state index contributed by atoms with van der Waals surface area (Å²) in [5.41, 5.74) is 0. The molecule has 0 bridgehead atoms. The van der Waals surface area contributed by atoms with Crippen molar-refractivity contribution < 1.29 is 17.4 Å². The quantitative estimate of drug-likeness (QED) is 0.206. The third-order valence-electron chi connectivity index (χ3n) is 6.37. The van der Waals surface area contributed by atoms with Gasteiger partial charge in [0.05, 0.1) is 0 Å². The average molecular weight is 571 g/mol. The second-order valence-corrected chi connectivity index (χ2v) is 13.9. The fourth-order valence-electron chi connectivity index (χ4n) is 4.63. The molecular weight excluding hydrogens is 541 g/mol. The van der Waals surface area contributed by atoms with Gasteiger partial charge in [0.2, 0.25) is 0 Å². The van der Waals surface area contributed by atoms with Crippen LogP contribution in [0.4, 0.5) is 0 Å². The van der Waals surface area contributed by atoms with Crippen LogP contribution in [0.25, 0.3) is 0 Å².